The van der Waals surface area contributed by atoms with Crippen molar-refractivity contribution in [3.8, 4) is 5.75 Å². The smallest absolute Gasteiger partial charge is 0.422 e. The van der Waals surface area contributed by atoms with Crippen LogP contribution in [-0.4, -0.2) is 40.2 Å². The number of ether oxygens (including phenoxy) is 1. The molecule has 0 radical (unpaired) electrons. The largest absolute Gasteiger partial charge is 0.496 e. The highest BCUT2D eigenvalue weighted by atomic mass is 19.4. The molecule has 3 rings (SSSR count). The maximum Gasteiger partial charge on any atom is 0.422 e. The van der Waals surface area contributed by atoms with Crippen LogP contribution < -0.4 is 4.74 Å². The van der Waals surface area contributed by atoms with Gasteiger partial charge in [-0.2, -0.15) is 13.2 Å². The van der Waals surface area contributed by atoms with Crippen molar-refractivity contribution >= 4 is 22.8 Å². The van der Waals surface area contributed by atoms with Gasteiger partial charge in [0, 0.05) is 23.7 Å². The van der Waals surface area contributed by atoms with E-state index >= 15 is 0 Å². The number of aryl methyl sites for hydroxylation is 2. The molecule has 1 aromatic heterocycles. The minimum Gasteiger partial charge on any atom is -0.496 e. The lowest BCUT2D eigenvalue weighted by molar-refractivity contribution is -0.246. The summed E-state index contributed by atoms with van der Waals surface area (Å²) < 4.78 is 48.2. The molecule has 5 nitrogen and oxygen atoms in total. The molecule has 0 amide bonds. The van der Waals surface area contributed by atoms with Crippen molar-refractivity contribution in [2.24, 2.45) is 10.9 Å². The maximum absolute atomic E-state index is 14.2. The highest BCUT2D eigenvalue weighted by Gasteiger charge is 2.57. The fraction of sp³-hybridized carbons (Fsp3) is 0.400. The van der Waals surface area contributed by atoms with Crippen molar-refractivity contribution in [1.29, 1.82) is 0 Å². The average Bonchev–Trinajstić information content (AvgIpc) is 2.79. The van der Waals surface area contributed by atoms with Crippen LogP contribution in [0.5, 0.6) is 5.75 Å². The zero-order chi connectivity index (χ0) is 24.4. The van der Waals surface area contributed by atoms with Crippen LogP contribution in [0.3, 0.4) is 0 Å². The van der Waals surface area contributed by atoms with Crippen LogP contribution in [-0.2, 0) is 6.42 Å². The summed E-state index contributed by atoms with van der Waals surface area (Å²) in [6, 6.07) is 10.4. The zero-order valence-electron chi connectivity index (χ0n) is 19.3. The number of rotatable bonds is 7. The van der Waals surface area contributed by atoms with E-state index in [9.17, 15) is 18.3 Å². The monoisotopic (exact) mass is 459 g/mol. The number of methoxy groups -OCH3 is 1. The van der Waals surface area contributed by atoms with E-state index in [0.717, 1.165) is 5.56 Å². The second-order valence-corrected chi connectivity index (χ2v) is 8.18. The van der Waals surface area contributed by atoms with Gasteiger partial charge < -0.3 is 9.84 Å². The number of alkyl halides is 3. The van der Waals surface area contributed by atoms with Gasteiger partial charge in [0.15, 0.2) is 5.60 Å². The predicted octanol–water partition coefficient (Wildman–Crippen LogP) is 5.94. The lowest BCUT2D eigenvalue weighted by Crippen LogP contribution is -2.53. The lowest BCUT2D eigenvalue weighted by Gasteiger charge is -2.36. The Hall–Kier alpha value is -3.00. The third kappa shape index (κ3) is 4.71. The Bertz CT molecular complexity index is 1160. The summed E-state index contributed by atoms with van der Waals surface area (Å²) in [6.07, 6.45) is -2.16. The normalized spacial score (nSPS) is 16.0. The van der Waals surface area contributed by atoms with Gasteiger partial charge in [-0.1, -0.05) is 45.0 Å². The first kappa shape index (κ1) is 24.6. The Balaban J connectivity index is 2.05. The van der Waals surface area contributed by atoms with Crippen LogP contribution in [0.2, 0.25) is 0 Å². The molecule has 3 atom stereocenters. The average molecular weight is 460 g/mol. The van der Waals surface area contributed by atoms with Crippen molar-refractivity contribution in [2.45, 2.75) is 51.8 Å². The number of halogens is 3. The van der Waals surface area contributed by atoms with Gasteiger partial charge in [0.05, 0.1) is 18.3 Å². The van der Waals surface area contributed by atoms with Gasteiger partial charge in [0.1, 0.15) is 11.6 Å². The van der Waals surface area contributed by atoms with Gasteiger partial charge in [-0.25, -0.2) is 9.97 Å². The second-order valence-electron chi connectivity index (χ2n) is 8.18. The minimum atomic E-state index is -4.95. The van der Waals surface area contributed by atoms with E-state index < -0.39 is 23.6 Å². The number of aromatic nitrogens is 2. The van der Waals surface area contributed by atoms with Crippen LogP contribution in [0.4, 0.5) is 18.9 Å². The van der Waals surface area contributed by atoms with Gasteiger partial charge in [-0.3, -0.25) is 4.99 Å². The van der Waals surface area contributed by atoms with Gasteiger partial charge in [-0.15, -0.1) is 0 Å². The van der Waals surface area contributed by atoms with Crippen LogP contribution in [0.15, 0.2) is 47.6 Å². The third-order valence-electron chi connectivity index (χ3n) is 6.22. The molecule has 0 aliphatic rings. The lowest BCUT2D eigenvalue weighted by atomic mass is 9.76. The van der Waals surface area contributed by atoms with Gasteiger partial charge in [-0.05, 0) is 42.5 Å². The highest BCUT2D eigenvalue weighted by Crippen LogP contribution is 2.44. The number of para-hydroxylation sites is 1. The Morgan fingerprint density at radius 3 is 2.48 bits per heavy atom. The summed E-state index contributed by atoms with van der Waals surface area (Å²) in [5.74, 6) is -0.845. The third-order valence-corrected chi connectivity index (χ3v) is 6.22. The van der Waals surface area contributed by atoms with E-state index in [1.54, 1.807) is 44.2 Å². The van der Waals surface area contributed by atoms with Gasteiger partial charge in [0.2, 0.25) is 0 Å². The molecule has 0 saturated carbocycles. The molecule has 0 spiro atoms. The molecule has 0 fully saturated rings. The molecule has 33 heavy (non-hydrogen) atoms. The Kier molecular flexibility index (Phi) is 7.07. The Morgan fingerprint density at radius 1 is 1.15 bits per heavy atom. The molecular weight excluding hydrogens is 431 g/mol. The maximum atomic E-state index is 14.2. The van der Waals surface area contributed by atoms with Crippen molar-refractivity contribution in [2.75, 3.05) is 7.11 Å². The number of hydrogen-bond donors (Lipinski definition) is 1. The topological polar surface area (TPSA) is 67.6 Å². The fourth-order valence-electron chi connectivity index (χ4n) is 4.00. The molecule has 0 aliphatic heterocycles. The standard InChI is InChI=1S/C25H28F3N3O2/c1-6-18-9-7-10-19(23(18)33-5)15(2)16(3)24(32,25(26,27)28)14-30-21-11-8-12-22-20(21)13-29-17(4)31-22/h7-16,32H,6H2,1-5H3. The number of nitrogens with zero attached hydrogens (tertiary/aromatic N) is 3. The van der Waals surface area contributed by atoms with E-state index in [1.807, 2.05) is 13.0 Å². The summed E-state index contributed by atoms with van der Waals surface area (Å²) >= 11 is 0. The van der Waals surface area contributed by atoms with E-state index in [4.69, 9.17) is 4.74 Å². The first-order valence-corrected chi connectivity index (χ1v) is 10.8. The predicted molar refractivity (Wildman–Crippen MR) is 123 cm³/mol. The fourth-order valence-corrected chi connectivity index (χ4v) is 4.00. The molecular formula is C25H28F3N3O2. The molecule has 1 N–H and O–H groups in total. The van der Waals surface area contributed by atoms with Crippen molar-refractivity contribution in [3.63, 3.8) is 0 Å². The molecule has 2 aromatic carbocycles. The first-order valence-electron chi connectivity index (χ1n) is 10.8. The minimum absolute atomic E-state index is 0.251. The molecule has 0 aliphatic carbocycles. The molecule has 8 heteroatoms. The molecule has 176 valence electrons. The molecule has 0 saturated heterocycles. The molecule has 3 unspecified atom stereocenters. The second kappa shape index (κ2) is 9.47. The van der Waals surface area contributed by atoms with Crippen molar-refractivity contribution in [1.82, 2.24) is 9.97 Å². The zero-order valence-corrected chi connectivity index (χ0v) is 19.3. The van der Waals surface area contributed by atoms with Crippen molar-refractivity contribution in [3.05, 3.63) is 59.5 Å². The van der Waals surface area contributed by atoms with E-state index in [1.165, 1.54) is 20.2 Å². The van der Waals surface area contributed by atoms with E-state index in [0.29, 0.717) is 40.7 Å². The van der Waals surface area contributed by atoms with Crippen molar-refractivity contribution < 1.29 is 23.0 Å². The summed E-state index contributed by atoms with van der Waals surface area (Å²) in [7, 11) is 1.50. The van der Waals surface area contributed by atoms with Crippen LogP contribution in [0, 0.1) is 12.8 Å². The Labute approximate surface area is 191 Å². The number of fused-ring (bicyclic) bond motifs is 1. The summed E-state index contributed by atoms with van der Waals surface area (Å²) in [5, 5.41) is 11.5. The number of aliphatic hydroxyl groups is 1. The quantitative estimate of drug-likeness (QED) is 0.444. The molecule has 3 aromatic rings. The first-order chi connectivity index (χ1) is 15.5. The summed E-state index contributed by atoms with van der Waals surface area (Å²) in [5.41, 5.74) is -0.859. The number of benzene rings is 2. The number of aliphatic imine (C=N–C) groups is 1. The number of hydrogen-bond acceptors (Lipinski definition) is 5. The summed E-state index contributed by atoms with van der Waals surface area (Å²) in [4.78, 5) is 12.5. The van der Waals surface area contributed by atoms with Crippen LogP contribution >= 0.6 is 0 Å². The molecule has 1 heterocycles. The Morgan fingerprint density at radius 2 is 1.85 bits per heavy atom. The van der Waals surface area contributed by atoms with Gasteiger partial charge in [0.25, 0.3) is 0 Å². The highest BCUT2D eigenvalue weighted by molar-refractivity contribution is 5.91. The van der Waals surface area contributed by atoms with Crippen LogP contribution in [0.1, 0.15) is 43.6 Å². The van der Waals surface area contributed by atoms with Crippen LogP contribution in [0.25, 0.3) is 10.9 Å². The molecule has 0 bridgehead atoms. The van der Waals surface area contributed by atoms with E-state index in [2.05, 4.69) is 15.0 Å². The summed E-state index contributed by atoms with van der Waals surface area (Å²) in [6.45, 7) is 6.70. The van der Waals surface area contributed by atoms with E-state index in [-0.39, 0.29) is 5.69 Å². The van der Waals surface area contributed by atoms with Gasteiger partial charge >= 0.3 is 6.18 Å². The SMILES string of the molecule is CCc1cccc(C(C)C(C)C(O)(C=Nc2cccc3nc(C)ncc23)C(F)(F)F)c1OC.